The van der Waals surface area contributed by atoms with Crippen molar-refractivity contribution >= 4 is 5.91 Å². The lowest BCUT2D eigenvalue weighted by Gasteiger charge is -2.47. The van der Waals surface area contributed by atoms with Gasteiger partial charge in [-0.2, -0.15) is 0 Å². The Kier molecular flexibility index (Phi) is 8.95. The lowest BCUT2D eigenvalue weighted by Crippen LogP contribution is -2.52. The maximum absolute atomic E-state index is 13.9. The Morgan fingerprint density at radius 2 is 2.10 bits per heavy atom. The van der Waals surface area contributed by atoms with E-state index in [0.29, 0.717) is 11.4 Å². The molecule has 7 nitrogen and oxygen atoms in total. The molecule has 2 aromatic rings. The summed E-state index contributed by atoms with van der Waals surface area (Å²) in [6.07, 6.45) is 11.4. The fourth-order valence-corrected chi connectivity index (χ4v) is 5.48. The molecule has 1 spiro atoms. The number of amides is 1. The number of halogens is 1. The first-order valence-electron chi connectivity index (χ1n) is 13.6. The van der Waals surface area contributed by atoms with Crippen LogP contribution in [-0.4, -0.2) is 54.0 Å². The summed E-state index contributed by atoms with van der Waals surface area (Å²) in [6.45, 7) is 6.69. The highest BCUT2D eigenvalue weighted by Crippen LogP contribution is 2.48. The molecule has 39 heavy (non-hydrogen) atoms. The number of rotatable bonds is 10. The molecule has 0 saturated heterocycles. The Labute approximate surface area is 230 Å². The van der Waals surface area contributed by atoms with E-state index in [1.807, 2.05) is 6.20 Å². The predicted octanol–water partition coefficient (Wildman–Crippen LogP) is 3.86. The third kappa shape index (κ3) is 7.36. The second kappa shape index (κ2) is 12.0. The third-order valence-corrected chi connectivity index (χ3v) is 7.50. The first-order valence-corrected chi connectivity index (χ1v) is 13.6. The van der Waals surface area contributed by atoms with Gasteiger partial charge in [-0.1, -0.05) is 32.8 Å². The van der Waals surface area contributed by atoms with Crippen molar-refractivity contribution in [3.63, 3.8) is 0 Å². The predicted molar refractivity (Wildman–Crippen MR) is 148 cm³/mol. The van der Waals surface area contributed by atoms with Crippen LogP contribution < -0.4 is 15.4 Å². The lowest BCUT2D eigenvalue weighted by atomic mass is 9.73. The molecule has 0 unspecified atom stereocenters. The number of aromatic nitrogens is 1. The minimum Gasteiger partial charge on any atom is -0.471 e. The highest BCUT2D eigenvalue weighted by molar-refractivity contribution is 5.77. The zero-order valence-electron chi connectivity index (χ0n) is 23.4. The van der Waals surface area contributed by atoms with Crippen molar-refractivity contribution in [1.29, 1.82) is 0 Å². The highest BCUT2D eigenvalue weighted by Gasteiger charge is 2.46. The van der Waals surface area contributed by atoms with E-state index < -0.39 is 18.0 Å². The number of nitrogens with one attached hydrogen (secondary N) is 2. The van der Waals surface area contributed by atoms with E-state index in [1.165, 1.54) is 13.2 Å². The van der Waals surface area contributed by atoms with Crippen LogP contribution in [0.2, 0.25) is 0 Å². The quantitative estimate of drug-likeness (QED) is 0.399. The molecule has 1 aromatic heterocycles. The molecular formula is C31H40FN3O4. The van der Waals surface area contributed by atoms with Crippen molar-refractivity contribution in [3.05, 3.63) is 58.5 Å². The molecule has 0 bridgehead atoms. The Bertz CT molecular complexity index is 1220. The normalized spacial score (nSPS) is 19.3. The Balaban J connectivity index is 1.52. The number of ether oxygens (including phenoxy) is 2. The monoisotopic (exact) mass is 537 g/mol. The van der Waals surface area contributed by atoms with E-state index in [4.69, 9.17) is 15.9 Å². The van der Waals surface area contributed by atoms with Crippen LogP contribution >= 0.6 is 0 Å². The van der Waals surface area contributed by atoms with Crippen LogP contribution in [0.1, 0.15) is 74.8 Å². The van der Waals surface area contributed by atoms with Gasteiger partial charge < -0.3 is 25.2 Å². The van der Waals surface area contributed by atoms with Crippen molar-refractivity contribution in [2.24, 2.45) is 5.41 Å². The SMILES string of the molecule is C#Cc1cc(C[C@H](NC(=O)COC)[C@@H](O)CN[C@H]2CC3(CCC3)Oc3ncc(CC(C)(C)C)cc32)ccc1F. The molecule has 2 aliphatic rings. The van der Waals surface area contributed by atoms with Crippen LogP contribution in [0.3, 0.4) is 0 Å². The number of nitrogens with zero attached hydrogens (tertiary/aromatic N) is 1. The van der Waals surface area contributed by atoms with Crippen LogP contribution in [-0.2, 0) is 22.4 Å². The molecule has 8 heteroatoms. The molecule has 1 aromatic carbocycles. The Morgan fingerprint density at radius 3 is 2.74 bits per heavy atom. The molecule has 3 atom stereocenters. The van der Waals surface area contributed by atoms with E-state index >= 15 is 0 Å². The number of pyridine rings is 1. The summed E-state index contributed by atoms with van der Waals surface area (Å²) in [5.74, 6) is 2.17. The van der Waals surface area contributed by atoms with E-state index in [9.17, 15) is 14.3 Å². The molecule has 1 saturated carbocycles. The summed E-state index contributed by atoms with van der Waals surface area (Å²) in [4.78, 5) is 17.1. The number of methoxy groups -OCH3 is 1. The van der Waals surface area contributed by atoms with Gasteiger partial charge in [0.05, 0.1) is 17.7 Å². The van der Waals surface area contributed by atoms with Gasteiger partial charge in [0.25, 0.3) is 0 Å². The molecule has 0 radical (unpaired) electrons. The number of hydrogen-bond donors (Lipinski definition) is 3. The summed E-state index contributed by atoms with van der Waals surface area (Å²) >= 11 is 0. The first kappa shape index (κ1) is 29.0. The lowest BCUT2D eigenvalue weighted by molar-refractivity contribution is -0.126. The van der Waals surface area contributed by atoms with E-state index in [-0.39, 0.29) is 48.1 Å². The van der Waals surface area contributed by atoms with E-state index in [0.717, 1.165) is 43.2 Å². The number of fused-ring (bicyclic) bond motifs is 1. The minimum absolute atomic E-state index is 0.0506. The molecule has 2 heterocycles. The summed E-state index contributed by atoms with van der Waals surface area (Å²) in [7, 11) is 1.44. The van der Waals surface area contributed by atoms with Crippen LogP contribution in [0, 0.1) is 23.6 Å². The second-order valence-electron chi connectivity index (χ2n) is 12.1. The number of aliphatic hydroxyl groups is 1. The molecular weight excluding hydrogens is 497 g/mol. The third-order valence-electron chi connectivity index (χ3n) is 7.50. The summed E-state index contributed by atoms with van der Waals surface area (Å²) in [5.41, 5.74) is 2.90. The van der Waals surface area contributed by atoms with Gasteiger partial charge in [-0.25, -0.2) is 9.37 Å². The molecule has 1 amide bonds. The number of carbonyl (C=O) groups excluding carboxylic acids is 1. The minimum atomic E-state index is -0.931. The molecule has 1 aliphatic heterocycles. The summed E-state index contributed by atoms with van der Waals surface area (Å²) in [6, 6.07) is 5.97. The Morgan fingerprint density at radius 1 is 1.33 bits per heavy atom. The van der Waals surface area contributed by atoms with Crippen LogP contribution in [0.4, 0.5) is 4.39 Å². The summed E-state index contributed by atoms with van der Waals surface area (Å²) < 4.78 is 25.3. The van der Waals surface area contributed by atoms with Gasteiger partial charge in [-0.3, -0.25) is 4.79 Å². The summed E-state index contributed by atoms with van der Waals surface area (Å²) in [5, 5.41) is 17.7. The molecule has 3 N–H and O–H groups in total. The topological polar surface area (TPSA) is 92.7 Å². The second-order valence-corrected chi connectivity index (χ2v) is 12.1. The smallest absolute Gasteiger partial charge is 0.246 e. The van der Waals surface area contributed by atoms with Gasteiger partial charge in [-0.15, -0.1) is 6.42 Å². The van der Waals surface area contributed by atoms with Gasteiger partial charge >= 0.3 is 0 Å². The number of benzene rings is 1. The van der Waals surface area contributed by atoms with Gasteiger partial charge in [0.15, 0.2) is 0 Å². The highest BCUT2D eigenvalue weighted by atomic mass is 19.1. The molecule has 1 fully saturated rings. The van der Waals surface area contributed by atoms with Crippen molar-refractivity contribution in [3.8, 4) is 18.2 Å². The van der Waals surface area contributed by atoms with Crippen LogP contribution in [0.25, 0.3) is 0 Å². The largest absolute Gasteiger partial charge is 0.471 e. The first-order chi connectivity index (χ1) is 18.5. The number of carbonyl (C=O) groups is 1. The molecule has 4 rings (SSSR count). The maximum Gasteiger partial charge on any atom is 0.246 e. The van der Waals surface area contributed by atoms with Crippen molar-refractivity contribution in [2.45, 2.75) is 83.1 Å². The number of aliphatic hydroxyl groups excluding tert-OH is 1. The zero-order valence-corrected chi connectivity index (χ0v) is 23.4. The van der Waals surface area contributed by atoms with E-state index in [1.54, 1.807) is 12.1 Å². The van der Waals surface area contributed by atoms with Crippen molar-refractivity contribution < 1.29 is 23.8 Å². The van der Waals surface area contributed by atoms with E-state index in [2.05, 4.69) is 48.4 Å². The van der Waals surface area contributed by atoms with Crippen LogP contribution in [0.5, 0.6) is 5.88 Å². The average Bonchev–Trinajstić information content (AvgIpc) is 2.86. The maximum atomic E-state index is 13.9. The fourth-order valence-electron chi connectivity index (χ4n) is 5.48. The van der Waals surface area contributed by atoms with Crippen molar-refractivity contribution in [2.75, 3.05) is 20.3 Å². The standard InChI is InChI=1S/C31H40FN3O4/c1-6-22-12-20(8-9-24(22)32)14-25(35-28(37)19-38-5)27(36)18-33-26-16-31(10-7-11-31)39-29-23(26)13-21(17-34-29)15-30(2,3)4/h1,8-9,12-13,17,25-27,33,36H,7,10-11,14-16,18-19H2,2-5H3,(H,35,37)/t25-,26-,27-/m0/s1. The number of hydrogen-bond acceptors (Lipinski definition) is 6. The van der Waals surface area contributed by atoms with Crippen LogP contribution in [0.15, 0.2) is 30.5 Å². The number of terminal acetylenes is 1. The Hall–Kier alpha value is -2.99. The van der Waals surface area contributed by atoms with Gasteiger partial charge in [-0.05, 0) is 66.8 Å². The fraction of sp³-hybridized carbons (Fsp3) is 0.548. The zero-order chi connectivity index (χ0) is 28.2. The molecule has 1 aliphatic carbocycles. The van der Waals surface area contributed by atoms with Gasteiger partial charge in [0, 0.05) is 37.9 Å². The van der Waals surface area contributed by atoms with Gasteiger partial charge in [0.1, 0.15) is 18.0 Å². The van der Waals surface area contributed by atoms with Crippen molar-refractivity contribution in [1.82, 2.24) is 15.6 Å². The average molecular weight is 538 g/mol. The molecule has 210 valence electrons. The van der Waals surface area contributed by atoms with Gasteiger partial charge in [0.2, 0.25) is 11.8 Å².